The van der Waals surface area contributed by atoms with E-state index in [9.17, 15) is 4.79 Å². The Morgan fingerprint density at radius 2 is 2.04 bits per heavy atom. The first-order valence-electron chi connectivity index (χ1n) is 8.33. The van der Waals surface area contributed by atoms with Crippen LogP contribution in [-0.4, -0.2) is 46.7 Å². The van der Waals surface area contributed by atoms with Gasteiger partial charge in [-0.1, -0.05) is 5.10 Å². The summed E-state index contributed by atoms with van der Waals surface area (Å²) in [5.74, 6) is 1.26. The molecule has 7 heteroatoms. The third-order valence-electron chi connectivity index (χ3n) is 4.80. The molecule has 3 saturated heterocycles. The molecule has 1 atom stereocenters. The van der Waals surface area contributed by atoms with Gasteiger partial charge in [0.15, 0.2) is 0 Å². The summed E-state index contributed by atoms with van der Waals surface area (Å²) in [5, 5.41) is 10.4. The molecule has 3 aliphatic heterocycles. The SMILES string of the molecule is O=C(NC1CC2CCN(CC2)C1)c1ccc(Oc2nnco2)cc1. The van der Waals surface area contributed by atoms with Crippen LogP contribution < -0.4 is 10.1 Å². The number of carbonyl (C=O) groups is 1. The Kier molecular flexibility index (Phi) is 4.17. The Morgan fingerprint density at radius 1 is 1.25 bits per heavy atom. The molecule has 0 spiro atoms. The number of carbonyl (C=O) groups excluding carboxylic acids is 1. The highest BCUT2D eigenvalue weighted by Crippen LogP contribution is 2.27. The molecule has 5 rings (SSSR count). The summed E-state index contributed by atoms with van der Waals surface area (Å²) in [4.78, 5) is 14.9. The molecule has 2 aromatic rings. The molecule has 126 valence electrons. The van der Waals surface area contributed by atoms with Crippen LogP contribution in [0.25, 0.3) is 0 Å². The molecule has 0 saturated carbocycles. The van der Waals surface area contributed by atoms with Crippen LogP contribution in [-0.2, 0) is 0 Å². The molecule has 3 fully saturated rings. The van der Waals surface area contributed by atoms with Gasteiger partial charge in [-0.2, -0.15) is 0 Å². The van der Waals surface area contributed by atoms with Crippen LogP contribution in [0.4, 0.5) is 0 Å². The first kappa shape index (κ1) is 15.1. The van der Waals surface area contributed by atoms with E-state index < -0.39 is 0 Å². The summed E-state index contributed by atoms with van der Waals surface area (Å²) in [6.45, 7) is 3.29. The van der Waals surface area contributed by atoms with Crippen molar-refractivity contribution < 1.29 is 13.9 Å². The topological polar surface area (TPSA) is 80.5 Å². The molecule has 0 aliphatic carbocycles. The Bertz CT molecular complexity index is 664. The fourth-order valence-electron chi connectivity index (χ4n) is 3.55. The number of amides is 1. The highest BCUT2D eigenvalue weighted by Gasteiger charge is 2.29. The van der Waals surface area contributed by atoms with Gasteiger partial charge < -0.3 is 19.4 Å². The van der Waals surface area contributed by atoms with Gasteiger partial charge >= 0.3 is 6.08 Å². The number of fused-ring (bicyclic) bond motifs is 4. The maximum atomic E-state index is 12.5. The second-order valence-electron chi connectivity index (χ2n) is 6.48. The summed E-state index contributed by atoms with van der Waals surface area (Å²) < 4.78 is 10.3. The monoisotopic (exact) mass is 328 g/mol. The molecule has 7 nitrogen and oxygen atoms in total. The van der Waals surface area contributed by atoms with Crippen molar-refractivity contribution in [2.45, 2.75) is 25.3 Å². The number of nitrogens with zero attached hydrogens (tertiary/aromatic N) is 3. The van der Waals surface area contributed by atoms with Crippen molar-refractivity contribution in [2.75, 3.05) is 19.6 Å². The number of nitrogens with one attached hydrogen (secondary N) is 1. The van der Waals surface area contributed by atoms with Gasteiger partial charge in [-0.15, -0.1) is 5.10 Å². The van der Waals surface area contributed by atoms with E-state index in [1.165, 1.54) is 32.3 Å². The van der Waals surface area contributed by atoms with E-state index in [1.54, 1.807) is 24.3 Å². The average molecular weight is 328 g/mol. The van der Waals surface area contributed by atoms with E-state index in [0.717, 1.165) is 18.9 Å². The second kappa shape index (κ2) is 6.60. The highest BCUT2D eigenvalue weighted by atomic mass is 16.6. The molecule has 1 N–H and O–H groups in total. The fraction of sp³-hybridized carbons (Fsp3) is 0.471. The molecule has 1 aromatic heterocycles. The van der Waals surface area contributed by atoms with Gasteiger partial charge in [0.05, 0.1) is 0 Å². The molecule has 1 aromatic carbocycles. The molecule has 0 radical (unpaired) electrons. The van der Waals surface area contributed by atoms with Crippen molar-refractivity contribution in [2.24, 2.45) is 5.92 Å². The van der Waals surface area contributed by atoms with E-state index in [0.29, 0.717) is 11.3 Å². The normalized spacial score (nSPS) is 25.9. The third kappa shape index (κ3) is 3.41. The summed E-state index contributed by atoms with van der Waals surface area (Å²) in [6, 6.07) is 7.17. The minimum Gasteiger partial charge on any atom is -0.410 e. The number of ether oxygens (including phenoxy) is 1. The van der Waals surface area contributed by atoms with Crippen LogP contribution in [0.1, 0.15) is 29.6 Å². The average Bonchev–Trinajstić information content (AvgIpc) is 2.94. The minimum absolute atomic E-state index is 0.0353. The zero-order valence-corrected chi connectivity index (χ0v) is 13.4. The predicted octanol–water partition coefficient (Wildman–Crippen LogP) is 2.08. The molecular formula is C17H20N4O3. The summed E-state index contributed by atoms with van der Waals surface area (Å²) >= 11 is 0. The van der Waals surface area contributed by atoms with Crippen molar-refractivity contribution in [3.05, 3.63) is 36.2 Å². The van der Waals surface area contributed by atoms with Gasteiger partial charge in [0.1, 0.15) is 5.75 Å². The van der Waals surface area contributed by atoms with Gasteiger partial charge in [0.2, 0.25) is 6.39 Å². The molecule has 2 bridgehead atoms. The summed E-state index contributed by atoms with van der Waals surface area (Å²) in [7, 11) is 0. The zero-order valence-electron chi connectivity index (χ0n) is 13.4. The quantitative estimate of drug-likeness (QED) is 0.925. The van der Waals surface area contributed by atoms with E-state index in [-0.39, 0.29) is 18.0 Å². The number of hydrogen-bond acceptors (Lipinski definition) is 6. The Hall–Kier alpha value is -2.41. The standard InChI is InChI=1S/C17H20N4O3/c22-16(19-14-9-12-5-7-21(10-14)8-6-12)13-1-3-15(4-2-13)24-17-20-18-11-23-17/h1-4,11-12,14H,5-10H2,(H,19,22). The lowest BCUT2D eigenvalue weighted by Crippen LogP contribution is -2.41. The van der Waals surface area contributed by atoms with E-state index >= 15 is 0 Å². The van der Waals surface area contributed by atoms with Crippen LogP contribution in [0.5, 0.6) is 11.8 Å². The molecule has 4 heterocycles. The molecule has 1 amide bonds. The number of hydrogen-bond donors (Lipinski definition) is 1. The first-order valence-corrected chi connectivity index (χ1v) is 8.33. The van der Waals surface area contributed by atoms with Gasteiger partial charge in [-0.05, 0) is 62.5 Å². The lowest BCUT2D eigenvalue weighted by atomic mass is 9.94. The summed E-state index contributed by atoms with van der Waals surface area (Å²) in [6.07, 6.45) is 4.88. The number of piperidine rings is 1. The Balaban J connectivity index is 1.37. The van der Waals surface area contributed by atoms with E-state index in [1.807, 2.05) is 0 Å². The minimum atomic E-state index is -0.0353. The molecule has 1 unspecified atom stereocenters. The molecular weight excluding hydrogens is 308 g/mol. The van der Waals surface area contributed by atoms with Gasteiger partial charge in [-0.25, -0.2) is 0 Å². The zero-order chi connectivity index (χ0) is 16.4. The van der Waals surface area contributed by atoms with Gasteiger partial charge in [0.25, 0.3) is 5.91 Å². The van der Waals surface area contributed by atoms with Gasteiger partial charge in [-0.3, -0.25) is 4.79 Å². The van der Waals surface area contributed by atoms with Crippen LogP contribution in [0.3, 0.4) is 0 Å². The van der Waals surface area contributed by atoms with Crippen molar-refractivity contribution in [1.82, 2.24) is 20.4 Å². The number of aromatic nitrogens is 2. The van der Waals surface area contributed by atoms with Crippen LogP contribution in [0.15, 0.2) is 35.1 Å². The largest absolute Gasteiger partial charge is 0.420 e. The van der Waals surface area contributed by atoms with Crippen molar-refractivity contribution >= 4 is 5.91 Å². The lowest BCUT2D eigenvalue weighted by molar-refractivity contribution is 0.0929. The smallest absolute Gasteiger partial charge is 0.410 e. The lowest BCUT2D eigenvalue weighted by Gasteiger charge is -2.26. The van der Waals surface area contributed by atoms with E-state index in [4.69, 9.17) is 9.15 Å². The first-order chi connectivity index (χ1) is 11.8. The fourth-order valence-corrected chi connectivity index (χ4v) is 3.55. The van der Waals surface area contributed by atoms with Crippen LogP contribution in [0, 0.1) is 5.92 Å². The maximum Gasteiger partial charge on any atom is 0.420 e. The summed E-state index contributed by atoms with van der Waals surface area (Å²) in [5.41, 5.74) is 0.625. The third-order valence-corrected chi connectivity index (χ3v) is 4.80. The highest BCUT2D eigenvalue weighted by molar-refractivity contribution is 5.94. The number of benzene rings is 1. The predicted molar refractivity (Wildman–Crippen MR) is 85.8 cm³/mol. The van der Waals surface area contributed by atoms with Gasteiger partial charge in [0, 0.05) is 18.2 Å². The Labute approximate surface area is 140 Å². The Morgan fingerprint density at radius 3 is 2.75 bits per heavy atom. The number of rotatable bonds is 4. The van der Waals surface area contributed by atoms with Crippen LogP contribution in [0.2, 0.25) is 0 Å². The van der Waals surface area contributed by atoms with Crippen molar-refractivity contribution in [3.63, 3.8) is 0 Å². The second-order valence-corrected chi connectivity index (χ2v) is 6.48. The van der Waals surface area contributed by atoms with E-state index in [2.05, 4.69) is 20.4 Å². The van der Waals surface area contributed by atoms with Crippen molar-refractivity contribution in [3.8, 4) is 11.8 Å². The maximum absolute atomic E-state index is 12.5. The van der Waals surface area contributed by atoms with Crippen molar-refractivity contribution in [1.29, 1.82) is 0 Å². The molecule has 24 heavy (non-hydrogen) atoms. The molecule has 3 aliphatic rings. The van der Waals surface area contributed by atoms with Crippen LogP contribution >= 0.6 is 0 Å².